The summed E-state index contributed by atoms with van der Waals surface area (Å²) in [4.78, 5) is 15.6. The van der Waals surface area contributed by atoms with Crippen LogP contribution in [0.2, 0.25) is 5.02 Å². The first-order valence-corrected chi connectivity index (χ1v) is 7.49. The lowest BCUT2D eigenvalue weighted by Crippen LogP contribution is -2.20. The van der Waals surface area contributed by atoms with E-state index in [2.05, 4.69) is 20.7 Å². The number of halogens is 1. The molecule has 22 heavy (non-hydrogen) atoms. The van der Waals surface area contributed by atoms with E-state index in [9.17, 15) is 4.79 Å². The van der Waals surface area contributed by atoms with Crippen molar-refractivity contribution in [2.45, 2.75) is 13.0 Å². The number of fused-ring (bicyclic) bond motifs is 2. The van der Waals surface area contributed by atoms with Gasteiger partial charge in [0, 0.05) is 24.0 Å². The fourth-order valence-corrected chi connectivity index (χ4v) is 3.02. The van der Waals surface area contributed by atoms with Gasteiger partial charge in [0.05, 0.1) is 11.2 Å². The van der Waals surface area contributed by atoms with Crippen molar-refractivity contribution >= 4 is 39.9 Å². The largest absolute Gasteiger partial charge is 0.368 e. The molecule has 4 rings (SSSR count). The molecule has 0 unspecified atom stereocenters. The molecular formula is C15H14ClN5O. The van der Waals surface area contributed by atoms with Crippen LogP contribution in [0.5, 0.6) is 0 Å². The van der Waals surface area contributed by atoms with Gasteiger partial charge in [-0.25, -0.2) is 4.68 Å². The topological polar surface area (TPSA) is 74.7 Å². The molecule has 1 aromatic carbocycles. The molecule has 0 atom stereocenters. The number of rotatable bonds is 2. The van der Waals surface area contributed by atoms with Gasteiger partial charge in [-0.1, -0.05) is 29.8 Å². The van der Waals surface area contributed by atoms with Gasteiger partial charge in [0.15, 0.2) is 0 Å². The number of nitrogens with zero attached hydrogens (tertiary/aromatic N) is 2. The van der Waals surface area contributed by atoms with Gasteiger partial charge in [-0.3, -0.25) is 4.79 Å². The van der Waals surface area contributed by atoms with Gasteiger partial charge < -0.3 is 15.6 Å². The Morgan fingerprint density at radius 1 is 1.36 bits per heavy atom. The number of aryl methyl sites for hydroxylation is 1. The Kier molecular flexibility index (Phi) is 3.04. The Labute approximate surface area is 131 Å². The number of H-pyrrole nitrogens is 1. The van der Waals surface area contributed by atoms with E-state index in [1.807, 2.05) is 28.9 Å². The predicted molar refractivity (Wildman–Crippen MR) is 86.6 cm³/mol. The summed E-state index contributed by atoms with van der Waals surface area (Å²) in [6.07, 6.45) is 2.68. The summed E-state index contributed by atoms with van der Waals surface area (Å²) in [5.41, 5.74) is 1.87. The second-order valence-electron chi connectivity index (χ2n) is 5.22. The molecule has 1 amide bonds. The smallest absolute Gasteiger partial charge is 0.273 e. The van der Waals surface area contributed by atoms with E-state index in [1.54, 1.807) is 6.20 Å². The van der Waals surface area contributed by atoms with Crippen molar-refractivity contribution < 1.29 is 4.79 Å². The highest BCUT2D eigenvalue weighted by Crippen LogP contribution is 2.29. The number of carbonyl (C=O) groups excluding carboxylic acids is 1. The number of carbonyl (C=O) groups is 1. The maximum absolute atomic E-state index is 12.5. The summed E-state index contributed by atoms with van der Waals surface area (Å²) in [6, 6.07) is 7.56. The van der Waals surface area contributed by atoms with Crippen molar-refractivity contribution in [1.29, 1.82) is 0 Å². The zero-order valence-electron chi connectivity index (χ0n) is 11.7. The molecule has 6 nitrogen and oxygen atoms in total. The van der Waals surface area contributed by atoms with Crippen molar-refractivity contribution in [3.63, 3.8) is 0 Å². The van der Waals surface area contributed by atoms with E-state index < -0.39 is 0 Å². The molecule has 7 heteroatoms. The van der Waals surface area contributed by atoms with Gasteiger partial charge in [-0.15, -0.1) is 0 Å². The lowest BCUT2D eigenvalue weighted by Gasteiger charge is -2.16. The number of hydrogen-bond donors (Lipinski definition) is 3. The normalized spacial score (nSPS) is 13.7. The molecule has 0 saturated heterocycles. The second-order valence-corrected chi connectivity index (χ2v) is 5.60. The summed E-state index contributed by atoms with van der Waals surface area (Å²) in [6.45, 7) is 1.73. The highest BCUT2D eigenvalue weighted by Gasteiger charge is 2.20. The van der Waals surface area contributed by atoms with Gasteiger partial charge in [0.25, 0.3) is 5.91 Å². The lowest BCUT2D eigenvalue weighted by atomic mass is 10.2. The molecular weight excluding hydrogens is 302 g/mol. The number of nitrogens with one attached hydrogen (secondary N) is 3. The Balaban J connectivity index is 1.66. The van der Waals surface area contributed by atoms with E-state index >= 15 is 0 Å². The minimum atomic E-state index is -0.274. The summed E-state index contributed by atoms with van der Waals surface area (Å²) >= 11 is 6.31. The Morgan fingerprint density at radius 2 is 2.23 bits per heavy atom. The molecule has 0 saturated carbocycles. The van der Waals surface area contributed by atoms with Crippen LogP contribution in [0.15, 0.2) is 30.5 Å². The van der Waals surface area contributed by atoms with E-state index in [1.165, 1.54) is 0 Å². The summed E-state index contributed by atoms with van der Waals surface area (Å²) < 4.78 is 1.85. The first-order valence-electron chi connectivity index (χ1n) is 7.11. The molecule has 0 bridgehead atoms. The zero-order chi connectivity index (χ0) is 15.1. The zero-order valence-corrected chi connectivity index (χ0v) is 12.4. The molecule has 0 spiro atoms. The average Bonchev–Trinajstić information content (AvgIpc) is 3.10. The highest BCUT2D eigenvalue weighted by atomic mass is 35.5. The van der Waals surface area contributed by atoms with Gasteiger partial charge >= 0.3 is 0 Å². The van der Waals surface area contributed by atoms with Crippen LogP contribution < -0.4 is 10.6 Å². The van der Waals surface area contributed by atoms with E-state index in [-0.39, 0.29) is 5.91 Å². The number of anilines is 2. The minimum absolute atomic E-state index is 0.274. The van der Waals surface area contributed by atoms with Crippen LogP contribution in [0.25, 0.3) is 10.9 Å². The Hall–Kier alpha value is -2.47. The quantitative estimate of drug-likeness (QED) is 0.680. The van der Waals surface area contributed by atoms with Gasteiger partial charge in [0.2, 0.25) is 0 Å². The number of benzene rings is 1. The predicted octanol–water partition coefficient (Wildman–Crippen LogP) is 3.09. The maximum atomic E-state index is 12.5. The molecule has 2 aromatic heterocycles. The molecule has 3 heterocycles. The molecule has 1 aliphatic heterocycles. The van der Waals surface area contributed by atoms with Crippen molar-refractivity contribution in [1.82, 2.24) is 14.8 Å². The van der Waals surface area contributed by atoms with E-state index in [0.29, 0.717) is 16.4 Å². The van der Waals surface area contributed by atoms with Gasteiger partial charge in [-0.05, 0) is 12.5 Å². The van der Waals surface area contributed by atoms with Crippen molar-refractivity contribution in [3.05, 3.63) is 41.2 Å². The van der Waals surface area contributed by atoms with Crippen LogP contribution in [0, 0.1) is 0 Å². The molecule has 3 N–H and O–H groups in total. The van der Waals surface area contributed by atoms with Crippen LogP contribution in [-0.2, 0) is 6.54 Å². The Bertz CT molecular complexity index is 866. The maximum Gasteiger partial charge on any atom is 0.273 e. The van der Waals surface area contributed by atoms with Crippen molar-refractivity contribution in [2.24, 2.45) is 0 Å². The first kappa shape index (κ1) is 13.2. The van der Waals surface area contributed by atoms with Crippen LogP contribution in [-0.4, -0.2) is 27.2 Å². The average molecular weight is 316 g/mol. The van der Waals surface area contributed by atoms with Crippen LogP contribution >= 0.6 is 11.6 Å². The number of aromatic nitrogens is 3. The van der Waals surface area contributed by atoms with Gasteiger partial charge in [0.1, 0.15) is 17.2 Å². The van der Waals surface area contributed by atoms with Crippen LogP contribution in [0.3, 0.4) is 0 Å². The Morgan fingerprint density at radius 3 is 3.09 bits per heavy atom. The van der Waals surface area contributed by atoms with Crippen LogP contribution in [0.1, 0.15) is 16.9 Å². The van der Waals surface area contributed by atoms with Crippen molar-refractivity contribution in [2.75, 3.05) is 17.2 Å². The summed E-state index contributed by atoms with van der Waals surface area (Å²) in [5.74, 6) is 0.566. The second kappa shape index (κ2) is 5.06. The minimum Gasteiger partial charge on any atom is -0.368 e. The van der Waals surface area contributed by atoms with E-state index in [0.717, 1.165) is 36.2 Å². The molecule has 1 aliphatic rings. The van der Waals surface area contributed by atoms with Crippen LogP contribution in [0.4, 0.5) is 11.5 Å². The fourth-order valence-electron chi connectivity index (χ4n) is 2.72. The number of aromatic amines is 1. The summed E-state index contributed by atoms with van der Waals surface area (Å²) in [7, 11) is 0. The number of para-hydroxylation sites is 1. The molecule has 0 radical (unpaired) electrons. The number of hydrogen-bond acceptors (Lipinski definition) is 3. The molecule has 3 aromatic rings. The highest BCUT2D eigenvalue weighted by molar-refractivity contribution is 6.39. The lowest BCUT2D eigenvalue weighted by molar-refractivity contribution is 0.102. The third kappa shape index (κ3) is 2.03. The molecule has 0 fully saturated rings. The third-order valence-electron chi connectivity index (χ3n) is 3.80. The SMILES string of the molecule is O=C(Nc1cnn2c1NCCC2)c1[nH]c2ccccc2c1Cl. The van der Waals surface area contributed by atoms with Crippen molar-refractivity contribution in [3.8, 4) is 0 Å². The monoisotopic (exact) mass is 315 g/mol. The number of amides is 1. The van der Waals surface area contributed by atoms with E-state index in [4.69, 9.17) is 11.6 Å². The summed E-state index contributed by atoms with van der Waals surface area (Å²) in [5, 5.41) is 11.7. The molecule has 0 aliphatic carbocycles. The third-order valence-corrected chi connectivity index (χ3v) is 4.19. The standard InChI is InChI=1S/C15H14ClN5O/c16-12-9-4-1-2-5-10(9)19-13(12)15(22)20-11-8-18-21-7-3-6-17-14(11)21/h1-2,4-5,8,17,19H,3,6-7H2,(H,20,22). The fraction of sp³-hybridized carbons (Fsp3) is 0.200. The first-order chi connectivity index (χ1) is 10.7. The molecule has 112 valence electrons. The van der Waals surface area contributed by atoms with Gasteiger partial charge in [-0.2, -0.15) is 5.10 Å².